The number of fused-ring (bicyclic) bond motifs is 7. The lowest BCUT2D eigenvalue weighted by Crippen LogP contribution is -2.69. The summed E-state index contributed by atoms with van der Waals surface area (Å²) in [6.07, 6.45) is -41.7. The Balaban J connectivity index is 0.767. The van der Waals surface area contributed by atoms with Gasteiger partial charge in [-0.1, -0.05) is 27.7 Å². The highest BCUT2D eigenvalue weighted by Gasteiger charge is 2.70. The minimum atomic E-state index is -2.19. The predicted molar refractivity (Wildman–Crippen MR) is 282 cm³/mol. The first kappa shape index (κ1) is 66.3. The van der Waals surface area contributed by atoms with Crippen LogP contribution in [-0.2, 0) is 56.8 Å². The monoisotopic (exact) mass is 1240 g/mol. The molecule has 7 unspecified atom stereocenters. The molecule has 11 aliphatic rings. The maximum Gasteiger partial charge on any atom is 0.187 e. The summed E-state index contributed by atoms with van der Waals surface area (Å²) in [6, 6.07) is 0. The summed E-state index contributed by atoms with van der Waals surface area (Å²) in [7, 11) is 0. The van der Waals surface area contributed by atoms with Gasteiger partial charge in [0.15, 0.2) is 37.2 Å². The van der Waals surface area contributed by atoms with E-state index in [4.69, 9.17) is 56.8 Å². The van der Waals surface area contributed by atoms with Crippen molar-refractivity contribution in [1.82, 2.24) is 0 Å². The molecule has 0 amide bonds. The Morgan fingerprint density at radius 1 is 0.430 bits per heavy atom. The van der Waals surface area contributed by atoms with Crippen molar-refractivity contribution in [2.45, 2.75) is 263 Å². The van der Waals surface area contributed by atoms with E-state index in [0.29, 0.717) is 49.0 Å². The Morgan fingerprint density at radius 3 is 1.50 bits per heavy atom. The number of rotatable bonds is 15. The van der Waals surface area contributed by atoms with Crippen LogP contribution in [0.2, 0.25) is 0 Å². The van der Waals surface area contributed by atoms with Crippen LogP contribution in [0.1, 0.15) is 85.5 Å². The normalized spacial score (nSPS) is 57.5. The molecule has 0 radical (unpaired) electrons. The third kappa shape index (κ3) is 11.5. The molecular formula is C57H94O29. The molecule has 7 heterocycles. The van der Waals surface area contributed by atoms with Crippen molar-refractivity contribution in [3.63, 3.8) is 0 Å². The van der Waals surface area contributed by atoms with Crippen molar-refractivity contribution in [2.75, 3.05) is 39.6 Å². The lowest BCUT2D eigenvalue weighted by molar-refractivity contribution is -0.409. The maximum atomic E-state index is 12.1. The Labute approximate surface area is 497 Å². The molecule has 4 saturated carbocycles. The molecule has 0 aromatic heterocycles. The van der Waals surface area contributed by atoms with Gasteiger partial charge in [-0.25, -0.2) is 0 Å². The van der Waals surface area contributed by atoms with Gasteiger partial charge < -0.3 is 144 Å². The Bertz CT molecular complexity index is 2230. The predicted octanol–water partition coefficient (Wildman–Crippen LogP) is -6.11. The number of aliphatic hydroxyl groups excluding tert-OH is 17. The molecule has 0 bridgehead atoms. The highest BCUT2D eigenvalue weighted by molar-refractivity contribution is 5.16. The van der Waals surface area contributed by atoms with Crippen LogP contribution < -0.4 is 0 Å². The summed E-state index contributed by atoms with van der Waals surface area (Å²) < 4.78 is 72.9. The minimum Gasteiger partial charge on any atom is -0.394 e. The number of hydrogen-bond donors (Lipinski definition) is 17. The fourth-order valence-electron chi connectivity index (χ4n) is 17.7. The second-order valence-corrected chi connectivity index (χ2v) is 27.3. The third-order valence-corrected chi connectivity index (χ3v) is 22.5. The standard InChI is InChI=1S/C57H94O29/c1-20-7-10-57(75-19-20)21(2)34-28(86-57)12-25-23-6-5-22-11-27(26(63)13-56(22,4)24(23)8-9-55(25,34)3)76-53-45(74)47(37(66)31(16-60)79-53)83-52-44(73)41(70)46(33(18-62)81-52)82-54-49(85-51-43(72)40(69)36(65)30(15-59)78-51)48(38(67)32(17-61)80-54)84-50-42(71)39(68)35(64)29(14-58)77-50/h20-54,58-74H,5-19H2,1-4H3/t20-,21+,22+,23?,24?,25?,26-,27?,28?,29-,30-,31-,32-,33-,34?,35-,36-,37-,38-,39-,40-,41+,42-,43-,44-,45-,46-,47-,48-,49-,50+,51+,52+,53-,54+,55+,56+,57?/m1/s1. The molecule has 496 valence electrons. The molecule has 11 rings (SSSR count). The molecule has 11 fully saturated rings. The fourth-order valence-corrected chi connectivity index (χ4v) is 17.7. The molecule has 0 aromatic carbocycles. The second kappa shape index (κ2) is 26.0. The summed E-state index contributed by atoms with van der Waals surface area (Å²) in [5, 5.41) is 186. The van der Waals surface area contributed by atoms with Crippen LogP contribution in [0.3, 0.4) is 0 Å². The lowest BCUT2D eigenvalue weighted by Gasteiger charge is -2.62. The summed E-state index contributed by atoms with van der Waals surface area (Å²) >= 11 is 0. The smallest absolute Gasteiger partial charge is 0.187 e. The van der Waals surface area contributed by atoms with Crippen molar-refractivity contribution in [3.05, 3.63) is 0 Å². The minimum absolute atomic E-state index is 0.0992. The molecule has 17 N–H and O–H groups in total. The van der Waals surface area contributed by atoms with E-state index in [1.165, 1.54) is 0 Å². The van der Waals surface area contributed by atoms with E-state index in [1.54, 1.807) is 0 Å². The van der Waals surface area contributed by atoms with E-state index in [1.807, 2.05) is 0 Å². The average molecular weight is 1240 g/mol. The summed E-state index contributed by atoms with van der Waals surface area (Å²) in [5.74, 6) is 2.09. The van der Waals surface area contributed by atoms with Gasteiger partial charge in [0.2, 0.25) is 0 Å². The van der Waals surface area contributed by atoms with Gasteiger partial charge in [0.05, 0.1) is 58.0 Å². The molecular weight excluding hydrogens is 1150 g/mol. The SMILES string of the molecule is C[C@@H]1CCC2(OC1)OC1CC3C4CC[C@H]5CC(O[C@@H]6O[C@H](CO)[C@@H](O)[C@@H](O[C@@H]7O[C@H](CO)[C@@H](O[C@@H]8O[C@H](CO)[C@@H](O)[C@@H](O[C@@H]9O[C@H](CO)[C@@H](O)[C@@H](O)[C@H]9O)[C@H]8O[C@@H]8O[C@H](CO)[C@@H](O)[C@@H](O)[C@H]8O)[C@@H](O)[C@H]7O)[C@H]6O)[C@H](O)C[C@]5(C)C4CC[C@]3(C)C1[C@@H]2C. The van der Waals surface area contributed by atoms with E-state index in [0.717, 1.165) is 44.9 Å². The number of ether oxygens (including phenoxy) is 12. The van der Waals surface area contributed by atoms with Crippen LogP contribution in [0, 0.1) is 52.3 Å². The van der Waals surface area contributed by atoms with Crippen molar-refractivity contribution in [2.24, 2.45) is 52.3 Å². The lowest BCUT2D eigenvalue weighted by atomic mass is 9.44. The van der Waals surface area contributed by atoms with Gasteiger partial charge in [-0.05, 0) is 97.7 Å². The zero-order valence-electron chi connectivity index (χ0n) is 48.8. The molecule has 86 heavy (non-hydrogen) atoms. The van der Waals surface area contributed by atoms with Crippen LogP contribution >= 0.6 is 0 Å². The summed E-state index contributed by atoms with van der Waals surface area (Å²) in [5.41, 5.74) is -0.131. The van der Waals surface area contributed by atoms with Gasteiger partial charge in [0.1, 0.15) is 122 Å². The van der Waals surface area contributed by atoms with Crippen molar-refractivity contribution in [3.8, 4) is 0 Å². The first-order valence-electron chi connectivity index (χ1n) is 30.9. The van der Waals surface area contributed by atoms with E-state index in [-0.39, 0.29) is 28.8 Å². The molecule has 7 aliphatic heterocycles. The fraction of sp³-hybridized carbons (Fsp3) is 1.00. The molecule has 7 saturated heterocycles. The van der Waals surface area contributed by atoms with Crippen molar-refractivity contribution >= 4 is 0 Å². The van der Waals surface area contributed by atoms with Crippen LogP contribution in [0.15, 0.2) is 0 Å². The number of aliphatic hydroxyl groups is 17. The molecule has 0 aromatic rings. The number of hydrogen-bond acceptors (Lipinski definition) is 29. The summed E-state index contributed by atoms with van der Waals surface area (Å²) in [6.45, 7) is 5.35. The van der Waals surface area contributed by atoms with Crippen molar-refractivity contribution < 1.29 is 144 Å². The quantitative estimate of drug-likeness (QED) is 0.0679. The van der Waals surface area contributed by atoms with Gasteiger partial charge >= 0.3 is 0 Å². The van der Waals surface area contributed by atoms with E-state index in [9.17, 15) is 86.8 Å². The van der Waals surface area contributed by atoms with E-state index < -0.39 is 205 Å². The van der Waals surface area contributed by atoms with Crippen LogP contribution in [0.4, 0.5) is 0 Å². The molecule has 1 spiro atoms. The largest absolute Gasteiger partial charge is 0.394 e. The van der Waals surface area contributed by atoms with Gasteiger partial charge in [-0.2, -0.15) is 0 Å². The Hall–Kier alpha value is -1.16. The zero-order valence-corrected chi connectivity index (χ0v) is 48.8. The molecule has 29 heteroatoms. The Kier molecular flexibility index (Phi) is 20.0. The first-order valence-corrected chi connectivity index (χ1v) is 30.9. The molecule has 4 aliphatic carbocycles. The Morgan fingerprint density at radius 2 is 0.930 bits per heavy atom. The molecule has 38 atom stereocenters. The third-order valence-electron chi connectivity index (χ3n) is 22.5. The highest BCUT2D eigenvalue weighted by Crippen LogP contribution is 2.71. The van der Waals surface area contributed by atoms with Crippen LogP contribution in [0.5, 0.6) is 0 Å². The van der Waals surface area contributed by atoms with E-state index in [2.05, 4.69) is 27.7 Å². The van der Waals surface area contributed by atoms with Crippen LogP contribution in [0.25, 0.3) is 0 Å². The summed E-state index contributed by atoms with van der Waals surface area (Å²) in [4.78, 5) is 0. The zero-order chi connectivity index (χ0) is 61.8. The molecule has 29 nitrogen and oxygen atoms in total. The van der Waals surface area contributed by atoms with Gasteiger partial charge in [0, 0.05) is 12.3 Å². The van der Waals surface area contributed by atoms with Gasteiger partial charge in [0.25, 0.3) is 0 Å². The first-order chi connectivity index (χ1) is 40.9. The van der Waals surface area contributed by atoms with E-state index >= 15 is 0 Å². The van der Waals surface area contributed by atoms with Gasteiger partial charge in [-0.15, -0.1) is 0 Å². The van der Waals surface area contributed by atoms with Gasteiger partial charge in [-0.3, -0.25) is 0 Å². The van der Waals surface area contributed by atoms with Crippen LogP contribution in [-0.4, -0.2) is 304 Å². The topological polar surface area (TPSA) is 455 Å². The van der Waals surface area contributed by atoms with Crippen molar-refractivity contribution in [1.29, 1.82) is 0 Å². The average Bonchev–Trinajstić information content (AvgIpc) is 1.49. The highest BCUT2D eigenvalue weighted by atomic mass is 16.8. The maximum absolute atomic E-state index is 12.1. The second-order valence-electron chi connectivity index (χ2n) is 27.3.